The van der Waals surface area contributed by atoms with Crippen LogP contribution >= 0.6 is 11.6 Å². The Morgan fingerprint density at radius 2 is 1.81 bits per heavy atom. The number of benzene rings is 4. The highest BCUT2D eigenvalue weighted by Gasteiger charge is 2.41. The minimum atomic E-state index is -1.29. The first kappa shape index (κ1) is 36.0. The molecule has 5 heterocycles. The number of hydrogen-bond donors (Lipinski definition) is 2. The maximum absolute atomic E-state index is 16.2. The van der Waals surface area contributed by atoms with Gasteiger partial charge in [0.05, 0.1) is 40.3 Å². The summed E-state index contributed by atoms with van der Waals surface area (Å²) >= 11 is 6.04. The molecule has 1 atom stereocenters. The van der Waals surface area contributed by atoms with Crippen molar-refractivity contribution in [1.82, 2.24) is 34.3 Å². The summed E-state index contributed by atoms with van der Waals surface area (Å²) in [5, 5.41) is 10.5. The lowest BCUT2D eigenvalue weighted by molar-refractivity contribution is -0.0715. The summed E-state index contributed by atoms with van der Waals surface area (Å²) in [5.41, 5.74) is 4.29. The number of rotatable bonds is 9. The molecular formula is C42H32ClF3N8O3. The zero-order valence-corrected chi connectivity index (χ0v) is 31.5. The highest BCUT2D eigenvalue weighted by atomic mass is 35.5. The van der Waals surface area contributed by atoms with Gasteiger partial charge in [-0.05, 0) is 80.1 Å². The maximum Gasteiger partial charge on any atom is 0.292 e. The van der Waals surface area contributed by atoms with Crippen LogP contribution in [0.2, 0.25) is 5.02 Å². The number of ether oxygens (including phenoxy) is 2. The number of aryl methyl sites for hydroxylation is 2. The third-order valence-corrected chi connectivity index (χ3v) is 10.4. The van der Waals surface area contributed by atoms with Crippen LogP contribution in [-0.4, -0.2) is 40.2 Å². The fraction of sp³-hybridized carbons (Fsp3) is 0.167. The van der Waals surface area contributed by atoms with E-state index in [-0.39, 0.29) is 28.6 Å². The first-order valence-corrected chi connectivity index (χ1v) is 18.4. The molecule has 4 aromatic carbocycles. The Balaban J connectivity index is 1.04. The van der Waals surface area contributed by atoms with Gasteiger partial charge >= 0.3 is 0 Å². The number of carbonyl (C=O) groups is 1. The Hall–Kier alpha value is -6.67. The molecule has 11 nitrogen and oxygen atoms in total. The molecule has 0 spiro atoms. The van der Waals surface area contributed by atoms with Crippen LogP contribution in [0.15, 0.2) is 91.5 Å². The summed E-state index contributed by atoms with van der Waals surface area (Å²) < 4.78 is 63.5. The number of para-hydroxylation sites is 1. The zero-order chi connectivity index (χ0) is 39.6. The topological polar surface area (TPSA) is 125 Å². The van der Waals surface area contributed by atoms with Crippen molar-refractivity contribution in [2.75, 3.05) is 5.32 Å². The summed E-state index contributed by atoms with van der Waals surface area (Å²) in [5.74, 6) is -2.86. The Morgan fingerprint density at radius 3 is 2.58 bits per heavy atom. The summed E-state index contributed by atoms with van der Waals surface area (Å²) in [6.45, 7) is 6.39. The van der Waals surface area contributed by atoms with Crippen molar-refractivity contribution in [3.8, 4) is 22.6 Å². The van der Waals surface area contributed by atoms with E-state index in [0.717, 1.165) is 11.8 Å². The molecule has 286 valence electrons. The maximum atomic E-state index is 16.2. The van der Waals surface area contributed by atoms with Gasteiger partial charge in [0, 0.05) is 60.0 Å². The van der Waals surface area contributed by atoms with Crippen molar-refractivity contribution in [2.24, 2.45) is 0 Å². The lowest BCUT2D eigenvalue weighted by Gasteiger charge is -2.22. The molecule has 1 aliphatic rings. The summed E-state index contributed by atoms with van der Waals surface area (Å²) in [7, 11) is 0. The second-order valence-electron chi connectivity index (χ2n) is 13.9. The number of amides is 1. The molecule has 1 aliphatic heterocycles. The lowest BCUT2D eigenvalue weighted by atomic mass is 10.00. The number of hydrogen-bond acceptors (Lipinski definition) is 7. The van der Waals surface area contributed by atoms with Crippen molar-refractivity contribution in [3.05, 3.63) is 148 Å². The van der Waals surface area contributed by atoms with Gasteiger partial charge < -0.3 is 23.9 Å². The Bertz CT molecular complexity index is 2870. The number of nitrogens with one attached hydrogen (secondary N) is 2. The lowest BCUT2D eigenvalue weighted by Crippen LogP contribution is -2.32. The van der Waals surface area contributed by atoms with Crippen molar-refractivity contribution in [3.63, 3.8) is 0 Å². The van der Waals surface area contributed by atoms with E-state index in [1.54, 1.807) is 81.0 Å². The van der Waals surface area contributed by atoms with Crippen LogP contribution in [0.3, 0.4) is 0 Å². The standard InChI is InChI=1S/C42H32ClF3N8O3/c1-4-53-21-47-19-27(53)20-54-35-10-9-26(49-41(55)24-12-29-22(2)51-52-39(29)33(46)15-24)16-34(35)50-38(54)17-30-31(44)13-23(14-32(30)45)28-6-5-7-36-40(28)57-42(3,56-36)37-11-8-25(43)18-48-37/h5-16,18-19,21H,4,17,20H2,1-3H3,(H,49,55)(H,51,52)/t42-/m0/s1. The van der Waals surface area contributed by atoms with Crippen LogP contribution in [0.5, 0.6) is 11.5 Å². The molecule has 15 heteroatoms. The number of aromatic amines is 1. The first-order chi connectivity index (χ1) is 27.5. The molecule has 2 N–H and O–H groups in total. The van der Waals surface area contributed by atoms with E-state index in [1.807, 2.05) is 16.1 Å². The van der Waals surface area contributed by atoms with Crippen LogP contribution < -0.4 is 14.8 Å². The van der Waals surface area contributed by atoms with Crippen molar-refractivity contribution < 1.29 is 27.4 Å². The largest absolute Gasteiger partial charge is 0.443 e. The fourth-order valence-corrected chi connectivity index (χ4v) is 7.34. The quantitative estimate of drug-likeness (QED) is 0.150. The number of fused-ring (bicyclic) bond motifs is 3. The SMILES string of the molecule is CCn1cncc1Cn1c(Cc2c(F)cc(-c3cccc4c3O[C@@](C)(c3ccc(Cl)cn3)O4)cc2F)nc2cc(NC(=O)c3cc(F)c4[nH]nc(C)c4c3)ccc21. The van der Waals surface area contributed by atoms with Gasteiger partial charge in [0.25, 0.3) is 11.7 Å². The number of nitrogens with zero attached hydrogens (tertiary/aromatic N) is 6. The average Bonchev–Trinajstić information content (AvgIpc) is 3.97. The molecule has 1 amide bonds. The van der Waals surface area contributed by atoms with Gasteiger partial charge in [-0.25, -0.2) is 23.1 Å². The predicted molar refractivity (Wildman–Crippen MR) is 208 cm³/mol. The van der Waals surface area contributed by atoms with Crippen molar-refractivity contribution in [1.29, 1.82) is 0 Å². The monoisotopic (exact) mass is 788 g/mol. The minimum absolute atomic E-state index is 0.116. The van der Waals surface area contributed by atoms with E-state index in [0.29, 0.717) is 74.5 Å². The van der Waals surface area contributed by atoms with Crippen LogP contribution in [-0.2, 0) is 25.3 Å². The van der Waals surface area contributed by atoms with Gasteiger partial charge in [-0.2, -0.15) is 5.10 Å². The van der Waals surface area contributed by atoms with Crippen molar-refractivity contribution in [2.45, 2.75) is 46.1 Å². The van der Waals surface area contributed by atoms with Gasteiger partial charge in [-0.1, -0.05) is 23.7 Å². The van der Waals surface area contributed by atoms with E-state index >= 15 is 8.78 Å². The zero-order valence-electron chi connectivity index (χ0n) is 30.7. The van der Waals surface area contributed by atoms with Gasteiger partial charge in [0.15, 0.2) is 11.5 Å². The fourth-order valence-electron chi connectivity index (χ4n) is 7.22. The average molecular weight is 789 g/mol. The second-order valence-corrected chi connectivity index (χ2v) is 14.3. The molecule has 0 saturated carbocycles. The normalized spacial score (nSPS) is 14.9. The smallest absolute Gasteiger partial charge is 0.292 e. The van der Waals surface area contributed by atoms with E-state index in [1.165, 1.54) is 18.3 Å². The van der Waals surface area contributed by atoms with Gasteiger partial charge in [0.2, 0.25) is 0 Å². The highest BCUT2D eigenvalue weighted by Crippen LogP contribution is 2.49. The number of halogens is 4. The first-order valence-electron chi connectivity index (χ1n) is 18.0. The third-order valence-electron chi connectivity index (χ3n) is 10.2. The van der Waals surface area contributed by atoms with Crippen LogP contribution in [0.25, 0.3) is 33.1 Å². The highest BCUT2D eigenvalue weighted by molar-refractivity contribution is 6.30. The molecule has 9 rings (SSSR count). The molecule has 0 fully saturated rings. The summed E-state index contributed by atoms with van der Waals surface area (Å²) in [6, 6.07) is 18.9. The van der Waals surface area contributed by atoms with Crippen molar-refractivity contribution >= 4 is 45.1 Å². The third kappa shape index (κ3) is 6.41. The number of carbonyl (C=O) groups excluding carboxylic acids is 1. The van der Waals surface area contributed by atoms with Crippen LogP contribution in [0, 0.1) is 24.4 Å². The predicted octanol–water partition coefficient (Wildman–Crippen LogP) is 9.11. The van der Waals surface area contributed by atoms with E-state index < -0.39 is 29.1 Å². The summed E-state index contributed by atoms with van der Waals surface area (Å²) in [4.78, 5) is 26.8. The Labute approximate surface area is 328 Å². The second kappa shape index (κ2) is 13.8. The van der Waals surface area contributed by atoms with E-state index in [9.17, 15) is 9.18 Å². The molecule has 57 heavy (non-hydrogen) atoms. The van der Waals surface area contributed by atoms with E-state index in [2.05, 4.69) is 25.5 Å². The molecule has 0 saturated heterocycles. The van der Waals surface area contributed by atoms with Gasteiger partial charge in [0.1, 0.15) is 34.5 Å². The molecule has 0 unspecified atom stereocenters. The van der Waals surface area contributed by atoms with Gasteiger partial charge in [-0.3, -0.25) is 14.9 Å². The molecule has 0 aliphatic carbocycles. The number of anilines is 1. The number of pyridine rings is 1. The minimum Gasteiger partial charge on any atom is -0.443 e. The Kier molecular flexibility index (Phi) is 8.72. The van der Waals surface area contributed by atoms with Gasteiger partial charge in [-0.15, -0.1) is 0 Å². The molecular weight excluding hydrogens is 757 g/mol. The number of imidazole rings is 2. The summed E-state index contributed by atoms with van der Waals surface area (Å²) in [6.07, 6.45) is 4.75. The van der Waals surface area contributed by atoms with Crippen LogP contribution in [0.4, 0.5) is 18.9 Å². The Morgan fingerprint density at radius 1 is 0.982 bits per heavy atom. The number of aromatic nitrogens is 7. The van der Waals surface area contributed by atoms with E-state index in [4.69, 9.17) is 26.1 Å². The molecule has 0 bridgehead atoms. The molecule has 4 aromatic heterocycles. The molecule has 0 radical (unpaired) electrons. The number of H-pyrrole nitrogens is 1. The molecule has 8 aromatic rings. The van der Waals surface area contributed by atoms with Crippen LogP contribution in [0.1, 0.15) is 52.7 Å².